The van der Waals surface area contributed by atoms with E-state index in [1.807, 2.05) is 17.5 Å². The van der Waals surface area contributed by atoms with Crippen molar-refractivity contribution in [3.8, 4) is 9.88 Å². The smallest absolute Gasteiger partial charge is 0.267 e. The molecule has 2 N–H and O–H groups in total. The van der Waals surface area contributed by atoms with Crippen LogP contribution in [0.25, 0.3) is 9.88 Å². The van der Waals surface area contributed by atoms with Crippen molar-refractivity contribution in [1.29, 1.82) is 0 Å². The van der Waals surface area contributed by atoms with E-state index in [4.69, 9.17) is 0 Å². The van der Waals surface area contributed by atoms with E-state index in [9.17, 15) is 13.2 Å². The summed E-state index contributed by atoms with van der Waals surface area (Å²) in [6, 6.07) is 10.0. The Labute approximate surface area is 170 Å². The van der Waals surface area contributed by atoms with Crippen LogP contribution in [0.4, 0.5) is 5.69 Å². The molecule has 0 fully saturated rings. The molecule has 0 spiro atoms. The highest BCUT2D eigenvalue weighted by Gasteiger charge is 2.19. The Morgan fingerprint density at radius 2 is 2.07 bits per heavy atom. The number of amidine groups is 1. The molecular weight excluding hydrogens is 416 g/mol. The van der Waals surface area contributed by atoms with Crippen LogP contribution in [0.2, 0.25) is 0 Å². The number of sulfonamides is 1. The van der Waals surface area contributed by atoms with Crippen LogP contribution in [0.3, 0.4) is 0 Å². The van der Waals surface area contributed by atoms with Crippen LogP contribution in [0.1, 0.15) is 22.5 Å². The quantitative estimate of drug-likeness (QED) is 0.643. The van der Waals surface area contributed by atoms with Crippen LogP contribution < -0.4 is 10.0 Å². The average Bonchev–Trinajstić information content (AvgIpc) is 3.43. The molecule has 28 heavy (non-hydrogen) atoms. The number of aliphatic imine (C=N–C) groups is 1. The second kappa shape index (κ2) is 7.82. The van der Waals surface area contributed by atoms with Crippen molar-refractivity contribution in [2.24, 2.45) is 4.99 Å². The lowest BCUT2D eigenvalue weighted by molar-refractivity contribution is 0.103. The standard InChI is InChI=1S/C18H16N4O3S3/c23-17(15-11-20-18(27-15)14-6-3-9-26-14)21-12-4-1-5-13(10-12)28(24,25)22-16-7-2-8-19-16/h1,3-6,9-11H,2,7-8H2,(H,19,22)(H,21,23). The zero-order chi connectivity index (χ0) is 19.6. The van der Waals surface area contributed by atoms with Crippen molar-refractivity contribution < 1.29 is 13.2 Å². The van der Waals surface area contributed by atoms with Crippen molar-refractivity contribution in [3.63, 3.8) is 0 Å². The number of carbonyl (C=O) groups excluding carboxylic acids is 1. The topological polar surface area (TPSA) is 101 Å². The monoisotopic (exact) mass is 432 g/mol. The fourth-order valence-electron chi connectivity index (χ4n) is 2.66. The summed E-state index contributed by atoms with van der Waals surface area (Å²) < 4.78 is 27.5. The first-order valence-electron chi connectivity index (χ1n) is 8.48. The molecule has 0 aliphatic carbocycles. The number of carbonyl (C=O) groups is 1. The van der Waals surface area contributed by atoms with E-state index in [2.05, 4.69) is 20.0 Å². The fourth-order valence-corrected chi connectivity index (χ4v) is 5.41. The van der Waals surface area contributed by atoms with Gasteiger partial charge in [-0.15, -0.1) is 22.7 Å². The first kappa shape index (κ1) is 18.8. The number of anilines is 1. The molecule has 10 heteroatoms. The minimum absolute atomic E-state index is 0.0727. The van der Waals surface area contributed by atoms with E-state index < -0.39 is 10.0 Å². The predicted molar refractivity (Wildman–Crippen MR) is 112 cm³/mol. The van der Waals surface area contributed by atoms with E-state index >= 15 is 0 Å². The lowest BCUT2D eigenvalue weighted by atomic mass is 10.3. The van der Waals surface area contributed by atoms with Gasteiger partial charge in [-0.05, 0) is 36.1 Å². The molecule has 144 valence electrons. The number of thiazole rings is 1. The van der Waals surface area contributed by atoms with Crippen molar-refractivity contribution in [3.05, 3.63) is 52.9 Å². The Morgan fingerprint density at radius 1 is 1.18 bits per heavy atom. The minimum atomic E-state index is -3.73. The molecule has 7 nitrogen and oxygen atoms in total. The molecule has 2 aromatic heterocycles. The van der Waals surface area contributed by atoms with Crippen LogP contribution in [0.5, 0.6) is 0 Å². The van der Waals surface area contributed by atoms with E-state index in [1.54, 1.807) is 23.5 Å². The van der Waals surface area contributed by atoms with E-state index in [0.717, 1.165) is 16.3 Å². The lowest BCUT2D eigenvalue weighted by Crippen LogP contribution is -2.29. The Balaban J connectivity index is 1.49. The molecule has 0 unspecified atom stereocenters. The molecule has 4 rings (SSSR count). The van der Waals surface area contributed by atoms with Gasteiger partial charge < -0.3 is 5.32 Å². The Hall–Kier alpha value is -2.56. The van der Waals surface area contributed by atoms with Crippen molar-refractivity contribution in [1.82, 2.24) is 9.71 Å². The zero-order valence-corrected chi connectivity index (χ0v) is 17.0. The van der Waals surface area contributed by atoms with Gasteiger partial charge >= 0.3 is 0 Å². The first-order valence-corrected chi connectivity index (χ1v) is 11.7. The predicted octanol–water partition coefficient (Wildman–Crippen LogP) is 3.59. The second-order valence-electron chi connectivity index (χ2n) is 6.03. The first-order chi connectivity index (χ1) is 13.5. The van der Waals surface area contributed by atoms with E-state index in [1.165, 1.54) is 29.7 Å². The normalized spacial score (nSPS) is 13.9. The van der Waals surface area contributed by atoms with Gasteiger partial charge in [-0.2, -0.15) is 0 Å². The van der Waals surface area contributed by atoms with Crippen LogP contribution in [-0.4, -0.2) is 31.7 Å². The van der Waals surface area contributed by atoms with Gasteiger partial charge in [-0.25, -0.2) is 13.4 Å². The summed E-state index contributed by atoms with van der Waals surface area (Å²) in [6.45, 7) is 0.635. The highest BCUT2D eigenvalue weighted by Crippen LogP contribution is 2.29. The number of rotatable bonds is 5. The van der Waals surface area contributed by atoms with E-state index in [-0.39, 0.29) is 10.8 Å². The van der Waals surface area contributed by atoms with Gasteiger partial charge in [0.2, 0.25) is 0 Å². The van der Waals surface area contributed by atoms with Crippen LogP contribution >= 0.6 is 22.7 Å². The van der Waals surface area contributed by atoms with Gasteiger partial charge in [0.25, 0.3) is 15.9 Å². The van der Waals surface area contributed by atoms with Crippen molar-refractivity contribution >= 4 is 50.1 Å². The van der Waals surface area contributed by atoms with Crippen LogP contribution in [0.15, 0.2) is 57.9 Å². The van der Waals surface area contributed by atoms with Crippen LogP contribution in [-0.2, 0) is 10.0 Å². The lowest BCUT2D eigenvalue weighted by Gasteiger charge is -2.09. The number of hydrogen-bond donors (Lipinski definition) is 2. The summed E-state index contributed by atoms with van der Waals surface area (Å²) in [5, 5.41) is 5.46. The molecule has 0 bridgehead atoms. The summed E-state index contributed by atoms with van der Waals surface area (Å²) >= 11 is 2.85. The molecule has 3 aromatic rings. The van der Waals surface area contributed by atoms with Crippen molar-refractivity contribution in [2.75, 3.05) is 11.9 Å². The Bertz CT molecular complexity index is 1130. The van der Waals surface area contributed by atoms with Gasteiger partial charge in [-0.3, -0.25) is 14.5 Å². The molecule has 1 aliphatic rings. The highest BCUT2D eigenvalue weighted by atomic mass is 32.2. The third-order valence-electron chi connectivity index (χ3n) is 3.99. The number of amides is 1. The molecule has 3 heterocycles. The maximum Gasteiger partial charge on any atom is 0.267 e. The van der Waals surface area contributed by atoms with Gasteiger partial charge in [0.1, 0.15) is 15.7 Å². The van der Waals surface area contributed by atoms with Gasteiger partial charge in [0.15, 0.2) is 0 Å². The minimum Gasteiger partial charge on any atom is -0.321 e. The second-order valence-corrected chi connectivity index (χ2v) is 9.69. The summed E-state index contributed by atoms with van der Waals surface area (Å²) in [5.74, 6) is 0.142. The van der Waals surface area contributed by atoms with Gasteiger partial charge in [-0.1, -0.05) is 12.1 Å². The molecule has 1 aliphatic heterocycles. The SMILES string of the molecule is O=C(Nc1cccc(S(=O)(=O)NC2=NCCC2)c1)c1cnc(-c2cccs2)s1. The molecule has 1 aromatic carbocycles. The van der Waals surface area contributed by atoms with Gasteiger partial charge in [0, 0.05) is 18.7 Å². The Kier molecular flexibility index (Phi) is 5.25. The van der Waals surface area contributed by atoms with Gasteiger partial charge in [0.05, 0.1) is 16.0 Å². The number of aromatic nitrogens is 1. The molecule has 0 saturated carbocycles. The molecule has 0 saturated heterocycles. The third-order valence-corrected chi connectivity index (χ3v) is 7.40. The molecule has 0 radical (unpaired) electrons. The summed E-state index contributed by atoms with van der Waals surface area (Å²) in [7, 11) is -3.73. The third kappa shape index (κ3) is 4.13. The number of nitrogens with zero attached hydrogens (tertiary/aromatic N) is 2. The van der Waals surface area contributed by atoms with Crippen molar-refractivity contribution in [2.45, 2.75) is 17.7 Å². The largest absolute Gasteiger partial charge is 0.321 e. The zero-order valence-electron chi connectivity index (χ0n) is 14.6. The summed E-state index contributed by atoms with van der Waals surface area (Å²) in [4.78, 5) is 22.5. The summed E-state index contributed by atoms with van der Waals surface area (Å²) in [5.41, 5.74) is 0.396. The van der Waals surface area contributed by atoms with E-state index in [0.29, 0.717) is 29.4 Å². The van der Waals surface area contributed by atoms with Crippen LogP contribution in [0, 0.1) is 0 Å². The number of thiophene rings is 1. The number of hydrogen-bond acceptors (Lipinski definition) is 7. The molecule has 1 amide bonds. The molecular formula is C18H16N4O3S3. The highest BCUT2D eigenvalue weighted by molar-refractivity contribution is 7.90. The Morgan fingerprint density at radius 3 is 2.82 bits per heavy atom. The fraction of sp³-hybridized carbons (Fsp3) is 0.167. The average molecular weight is 433 g/mol. The molecule has 0 atom stereocenters. The maximum absolute atomic E-state index is 12.5. The summed E-state index contributed by atoms with van der Waals surface area (Å²) in [6.07, 6.45) is 2.99. The number of benzene rings is 1. The number of nitrogens with one attached hydrogen (secondary N) is 2. The maximum atomic E-state index is 12.5.